The third-order valence-corrected chi connectivity index (χ3v) is 0. The number of halogens is 4. The van der Waals surface area contributed by atoms with Gasteiger partial charge in [-0.1, -0.05) is 0 Å². The molecule has 0 unspecified atom stereocenters. The Kier molecular flexibility index (Phi) is 512. The third-order valence-electron chi connectivity index (χ3n) is 0. The average molecular weight is 144 g/mol. The SMILES string of the molecule is Cl.Cl.[Cl-].[Cl-]. The second-order valence-corrected chi connectivity index (χ2v) is 0. The molecule has 4 heteroatoms. The molecule has 0 aromatic rings. The van der Waals surface area contributed by atoms with Crippen LogP contribution in [-0.2, 0) is 0 Å². The summed E-state index contributed by atoms with van der Waals surface area (Å²) in [5.41, 5.74) is 0. The van der Waals surface area contributed by atoms with Crippen LogP contribution in [0, 0.1) is 0 Å². The number of rotatable bonds is 0. The molecule has 0 aliphatic heterocycles. The lowest BCUT2D eigenvalue weighted by Crippen LogP contribution is -3.00. The molecule has 32 valence electrons. The summed E-state index contributed by atoms with van der Waals surface area (Å²) in [6.45, 7) is 0. The van der Waals surface area contributed by atoms with Gasteiger partial charge in [-0.2, -0.15) is 0 Å². The quantitative estimate of drug-likeness (QED) is 0.319. The van der Waals surface area contributed by atoms with Crippen molar-refractivity contribution >= 4 is 24.8 Å². The maximum absolute atomic E-state index is 0. The molecule has 0 heterocycles. The molecule has 0 aliphatic rings. The van der Waals surface area contributed by atoms with Crippen LogP contribution in [-0.4, -0.2) is 0 Å². The molecule has 0 nitrogen and oxygen atoms in total. The Morgan fingerprint density at radius 2 is 0.500 bits per heavy atom. The molecule has 0 aliphatic carbocycles. The highest BCUT2D eigenvalue weighted by Crippen LogP contribution is 0.691. The van der Waals surface area contributed by atoms with Gasteiger partial charge in [0, 0.05) is 0 Å². The zero-order valence-corrected chi connectivity index (χ0v) is 4.72. The van der Waals surface area contributed by atoms with Gasteiger partial charge in [0.15, 0.2) is 0 Å². The first-order chi connectivity index (χ1) is 0. The molecule has 0 N–H and O–H groups in total. The Bertz CT molecular complexity index is 0. The lowest BCUT2D eigenvalue weighted by atomic mass is 35.5. The number of hydrogen-bond donors (Lipinski definition) is 0. The smallest absolute Gasteiger partial charge is 0.147 e. The van der Waals surface area contributed by atoms with Gasteiger partial charge >= 0.3 is 0 Å². The van der Waals surface area contributed by atoms with E-state index in [1.54, 1.807) is 0 Å². The van der Waals surface area contributed by atoms with Crippen molar-refractivity contribution in [2.75, 3.05) is 0 Å². The summed E-state index contributed by atoms with van der Waals surface area (Å²) >= 11 is 0. The van der Waals surface area contributed by atoms with Crippen LogP contribution in [0.1, 0.15) is 0 Å². The Hall–Kier alpha value is 1.16. The second kappa shape index (κ2) is 30.9. The molecule has 0 bridgehead atoms. The molecule has 0 rings (SSSR count). The Labute approximate surface area is 50.0 Å². The first kappa shape index (κ1) is 66.4. The van der Waals surface area contributed by atoms with Crippen LogP contribution in [0.2, 0.25) is 0 Å². The molecule has 0 radical (unpaired) electrons. The fraction of sp³-hybridized carbons (Fsp3) is 0. The molecule has 0 aromatic heterocycles. The standard InChI is InChI=1S/4ClH/h4*1H/p-2. The van der Waals surface area contributed by atoms with Gasteiger partial charge in [-0.25, -0.2) is 0 Å². The monoisotopic (exact) mass is 142 g/mol. The van der Waals surface area contributed by atoms with Crippen molar-refractivity contribution < 1.29 is 24.8 Å². The Morgan fingerprint density at radius 1 is 0.500 bits per heavy atom. The van der Waals surface area contributed by atoms with Crippen molar-refractivity contribution in [3.8, 4) is 0 Å². The highest BCUT2D eigenvalue weighted by molar-refractivity contribution is 5.85. The van der Waals surface area contributed by atoms with Crippen molar-refractivity contribution in [3.05, 3.63) is 0 Å². The van der Waals surface area contributed by atoms with E-state index in [1.807, 2.05) is 0 Å². The van der Waals surface area contributed by atoms with Crippen LogP contribution in [0.5, 0.6) is 0 Å². The highest BCUT2D eigenvalue weighted by Gasteiger charge is -0.146. The fourth-order valence-corrected chi connectivity index (χ4v) is 0. The molecule has 0 atom stereocenters. The average Bonchev–Trinajstić information content (AvgIpc) is 0. The summed E-state index contributed by atoms with van der Waals surface area (Å²) in [5, 5.41) is 0. The molecule has 0 amide bonds. The summed E-state index contributed by atoms with van der Waals surface area (Å²) in [6, 6.07) is 0. The summed E-state index contributed by atoms with van der Waals surface area (Å²) in [5.74, 6) is 0. The predicted octanol–water partition coefficient (Wildman–Crippen LogP) is -5.15. The van der Waals surface area contributed by atoms with E-state index in [0.29, 0.717) is 0 Å². The largest absolute Gasteiger partial charge is 1.00 e. The minimum absolute atomic E-state index is 0. The molecule has 0 fully saturated rings. The third kappa shape index (κ3) is 11.0. The van der Waals surface area contributed by atoms with Gasteiger partial charge in [-0.3, -0.25) is 0 Å². The van der Waals surface area contributed by atoms with Gasteiger partial charge in [0.1, 0.15) is 0 Å². The van der Waals surface area contributed by atoms with Gasteiger partial charge < -0.3 is 24.8 Å². The van der Waals surface area contributed by atoms with Gasteiger partial charge in [0.05, 0.1) is 0 Å². The van der Waals surface area contributed by atoms with Crippen LogP contribution in [0.25, 0.3) is 0 Å². The summed E-state index contributed by atoms with van der Waals surface area (Å²) in [7, 11) is 0. The van der Waals surface area contributed by atoms with Crippen LogP contribution >= 0.6 is 24.8 Å². The van der Waals surface area contributed by atoms with Crippen LogP contribution in [0.15, 0.2) is 0 Å². The first-order valence-corrected chi connectivity index (χ1v) is 0. The molecule has 0 saturated carbocycles. The van der Waals surface area contributed by atoms with E-state index in [1.165, 1.54) is 0 Å². The molecular formula is H2Cl4-2. The highest BCUT2D eigenvalue weighted by atomic mass is 35.5. The van der Waals surface area contributed by atoms with E-state index < -0.39 is 0 Å². The van der Waals surface area contributed by atoms with Gasteiger partial charge in [0.2, 0.25) is 0 Å². The van der Waals surface area contributed by atoms with Crippen molar-refractivity contribution in [2.45, 2.75) is 0 Å². The molecular weight excluding hydrogens is 142 g/mol. The number of hydrogen-bond acceptors (Lipinski definition) is 0. The van der Waals surface area contributed by atoms with E-state index in [0.717, 1.165) is 0 Å². The van der Waals surface area contributed by atoms with Crippen LogP contribution in [0.3, 0.4) is 0 Å². The molecule has 0 aromatic carbocycles. The zero-order valence-electron chi connectivity index (χ0n) is 1.57. The van der Waals surface area contributed by atoms with Crippen molar-refractivity contribution in [1.82, 2.24) is 0 Å². The van der Waals surface area contributed by atoms with Crippen LogP contribution in [0.4, 0.5) is 0 Å². The second-order valence-electron chi connectivity index (χ2n) is 0. The van der Waals surface area contributed by atoms with E-state index in [2.05, 4.69) is 0 Å². The first-order valence-electron chi connectivity index (χ1n) is 0. The van der Waals surface area contributed by atoms with Gasteiger partial charge in [0.25, 0.3) is 0 Å². The summed E-state index contributed by atoms with van der Waals surface area (Å²) in [6.07, 6.45) is 0. The summed E-state index contributed by atoms with van der Waals surface area (Å²) < 4.78 is 0. The molecule has 0 saturated heterocycles. The van der Waals surface area contributed by atoms with E-state index in [-0.39, 0.29) is 49.6 Å². The van der Waals surface area contributed by atoms with Gasteiger partial charge in [-0.15, -0.1) is 24.8 Å². The minimum Gasteiger partial charge on any atom is -1.00 e. The van der Waals surface area contributed by atoms with Crippen molar-refractivity contribution in [3.63, 3.8) is 0 Å². The topological polar surface area (TPSA) is 0 Å². The fourth-order valence-electron chi connectivity index (χ4n) is 0. The Balaban J connectivity index is 0. The maximum Gasteiger partial charge on any atom is -0.147 e. The van der Waals surface area contributed by atoms with E-state index >= 15 is 0 Å². The summed E-state index contributed by atoms with van der Waals surface area (Å²) in [4.78, 5) is 0. The van der Waals surface area contributed by atoms with Crippen LogP contribution < -0.4 is 24.8 Å². The maximum atomic E-state index is 0. The lowest BCUT2D eigenvalue weighted by Gasteiger charge is -1.00. The van der Waals surface area contributed by atoms with E-state index in [9.17, 15) is 0 Å². The predicted molar refractivity (Wildman–Crippen MR) is 14.5 cm³/mol. The van der Waals surface area contributed by atoms with E-state index in [4.69, 9.17) is 0 Å². The lowest BCUT2D eigenvalue weighted by molar-refractivity contribution is -0.001000. The molecule has 0 spiro atoms. The van der Waals surface area contributed by atoms with Crippen molar-refractivity contribution in [1.29, 1.82) is 0 Å². The van der Waals surface area contributed by atoms with Gasteiger partial charge in [-0.05, 0) is 0 Å². The zero-order chi connectivity index (χ0) is 0. The molecule has 4 heavy (non-hydrogen) atoms. The normalized spacial score (nSPS) is 0. The minimum atomic E-state index is 0. The van der Waals surface area contributed by atoms with Crippen molar-refractivity contribution in [2.24, 2.45) is 0 Å². The Morgan fingerprint density at radius 3 is 0.500 bits per heavy atom.